The summed E-state index contributed by atoms with van der Waals surface area (Å²) in [6, 6.07) is 0. The lowest BCUT2D eigenvalue weighted by Gasteiger charge is -2.21. The van der Waals surface area contributed by atoms with Gasteiger partial charge in [0.25, 0.3) is 0 Å². The number of ether oxygens (including phenoxy) is 2. The van der Waals surface area contributed by atoms with E-state index in [1.165, 1.54) is 6.92 Å². The van der Waals surface area contributed by atoms with Crippen LogP contribution in [0.2, 0.25) is 0 Å². The van der Waals surface area contributed by atoms with Gasteiger partial charge >= 0.3 is 11.9 Å². The molecule has 1 fully saturated rings. The van der Waals surface area contributed by atoms with Crippen LogP contribution in [0.5, 0.6) is 0 Å². The van der Waals surface area contributed by atoms with E-state index in [0.29, 0.717) is 0 Å². The van der Waals surface area contributed by atoms with Crippen molar-refractivity contribution in [1.82, 2.24) is 0 Å². The smallest absolute Gasteiger partial charge is 0.341 e. The first kappa shape index (κ1) is 13.4. The molecule has 5 nitrogen and oxygen atoms in total. The maximum Gasteiger partial charge on any atom is 0.341 e. The van der Waals surface area contributed by atoms with Crippen molar-refractivity contribution in [3.8, 4) is 0 Å². The number of hydrogen-bond donors (Lipinski definition) is 1. The van der Waals surface area contributed by atoms with Crippen LogP contribution in [0, 0.1) is 0 Å². The largest absolute Gasteiger partial charge is 0.481 e. The zero-order valence-corrected chi connectivity index (χ0v) is 12.3. The molecule has 86 valence electrons. The van der Waals surface area contributed by atoms with Crippen molar-refractivity contribution in [3.05, 3.63) is 0 Å². The second kappa shape index (κ2) is 4.31. The normalized spacial score (nSPS) is 31.5. The predicted octanol–water partition coefficient (Wildman–Crippen LogP) is 1.96. The van der Waals surface area contributed by atoms with Crippen molar-refractivity contribution in [2.24, 2.45) is 0 Å². The van der Waals surface area contributed by atoms with Gasteiger partial charge in [-0.1, -0.05) is 47.8 Å². The number of halogens is 3. The fourth-order valence-corrected chi connectivity index (χ4v) is 1.63. The molecule has 0 aromatic heterocycles. The molecule has 0 aliphatic carbocycles. The molecule has 8 heteroatoms. The average molecular weight is 411 g/mol. The minimum Gasteiger partial charge on any atom is -0.481 e. The van der Waals surface area contributed by atoms with Gasteiger partial charge in [-0.3, -0.25) is 4.79 Å². The molecule has 1 aliphatic rings. The highest BCUT2D eigenvalue weighted by Crippen LogP contribution is 2.44. The van der Waals surface area contributed by atoms with E-state index in [-0.39, 0.29) is 0 Å². The van der Waals surface area contributed by atoms with Gasteiger partial charge in [0.1, 0.15) is 0 Å². The SMILES string of the molecule is C[C@@]1(CC(=O)O)O[C@H](C(Br)(Br)Br)OC1=O. The Morgan fingerprint density at radius 2 is 2.13 bits per heavy atom. The molecule has 0 amide bonds. The molecule has 0 aromatic carbocycles. The first-order valence-electron chi connectivity index (χ1n) is 3.82. The van der Waals surface area contributed by atoms with Crippen molar-refractivity contribution < 1.29 is 24.2 Å². The number of carbonyl (C=O) groups excluding carboxylic acids is 1. The molecular weight excluding hydrogens is 404 g/mol. The summed E-state index contributed by atoms with van der Waals surface area (Å²) >= 11 is 9.40. The van der Waals surface area contributed by atoms with Gasteiger partial charge in [0.2, 0.25) is 6.29 Å². The van der Waals surface area contributed by atoms with Crippen LogP contribution in [-0.4, -0.2) is 31.1 Å². The summed E-state index contributed by atoms with van der Waals surface area (Å²) in [5, 5.41) is 8.62. The van der Waals surface area contributed by atoms with Crippen LogP contribution in [0.4, 0.5) is 0 Å². The Bertz CT molecular complexity index is 299. The third-order valence-electron chi connectivity index (χ3n) is 1.77. The summed E-state index contributed by atoms with van der Waals surface area (Å²) in [6.45, 7) is 1.38. The van der Waals surface area contributed by atoms with E-state index < -0.39 is 32.4 Å². The minimum absolute atomic E-state index is 0.439. The number of carboxylic acid groups (broad SMARTS) is 1. The second-order valence-corrected chi connectivity index (χ2v) is 10.1. The van der Waals surface area contributed by atoms with Gasteiger partial charge in [-0.2, -0.15) is 0 Å². The number of carboxylic acids is 1. The average Bonchev–Trinajstić information content (AvgIpc) is 2.25. The highest BCUT2D eigenvalue weighted by Gasteiger charge is 2.53. The topological polar surface area (TPSA) is 72.8 Å². The Morgan fingerprint density at radius 1 is 1.60 bits per heavy atom. The van der Waals surface area contributed by atoms with E-state index in [2.05, 4.69) is 47.8 Å². The fraction of sp³-hybridized carbons (Fsp3) is 0.714. The van der Waals surface area contributed by atoms with Crippen LogP contribution >= 0.6 is 47.8 Å². The molecule has 0 saturated carbocycles. The van der Waals surface area contributed by atoms with Gasteiger partial charge in [-0.15, -0.1) is 0 Å². The molecule has 0 spiro atoms. The summed E-state index contributed by atoms with van der Waals surface area (Å²) in [5.74, 6) is -1.82. The van der Waals surface area contributed by atoms with Gasteiger partial charge < -0.3 is 14.6 Å². The Kier molecular flexibility index (Phi) is 3.85. The van der Waals surface area contributed by atoms with Crippen molar-refractivity contribution in [3.63, 3.8) is 0 Å². The molecule has 1 N–H and O–H groups in total. The third kappa shape index (κ3) is 3.15. The molecule has 2 atom stereocenters. The lowest BCUT2D eigenvalue weighted by atomic mass is 10.0. The number of esters is 1. The Labute approximate surface area is 111 Å². The monoisotopic (exact) mass is 408 g/mol. The van der Waals surface area contributed by atoms with Crippen molar-refractivity contribution >= 4 is 59.7 Å². The molecule has 0 unspecified atom stereocenters. The summed E-state index contributed by atoms with van der Waals surface area (Å²) in [7, 11) is 0. The zero-order chi connectivity index (χ0) is 11.9. The number of rotatable bonds is 2. The molecular formula is C7H7Br3O5. The van der Waals surface area contributed by atoms with Crippen LogP contribution in [0.15, 0.2) is 0 Å². The van der Waals surface area contributed by atoms with Crippen LogP contribution in [0.3, 0.4) is 0 Å². The van der Waals surface area contributed by atoms with Crippen LogP contribution in [0.25, 0.3) is 0 Å². The number of hydrogen-bond acceptors (Lipinski definition) is 4. The number of carbonyl (C=O) groups is 2. The molecule has 1 rings (SSSR count). The maximum absolute atomic E-state index is 11.4. The number of cyclic esters (lactones) is 1. The summed E-state index contributed by atoms with van der Waals surface area (Å²) in [5.41, 5.74) is -1.45. The van der Waals surface area contributed by atoms with Gasteiger partial charge in [0.15, 0.2) is 7.74 Å². The van der Waals surface area contributed by atoms with Gasteiger partial charge in [-0.25, -0.2) is 4.79 Å². The highest BCUT2D eigenvalue weighted by atomic mass is 80.0. The van der Waals surface area contributed by atoms with Crippen molar-refractivity contribution in [2.75, 3.05) is 0 Å². The summed E-state index contributed by atoms with van der Waals surface area (Å²) < 4.78 is 9.20. The molecule has 15 heavy (non-hydrogen) atoms. The van der Waals surface area contributed by atoms with Crippen LogP contribution in [0.1, 0.15) is 13.3 Å². The van der Waals surface area contributed by atoms with E-state index >= 15 is 0 Å². The molecule has 1 heterocycles. The predicted molar refractivity (Wildman–Crippen MR) is 61.1 cm³/mol. The zero-order valence-electron chi connectivity index (χ0n) is 7.50. The number of aliphatic carboxylic acids is 1. The van der Waals surface area contributed by atoms with E-state index in [9.17, 15) is 9.59 Å². The maximum atomic E-state index is 11.4. The van der Waals surface area contributed by atoms with Crippen LogP contribution < -0.4 is 0 Å². The molecule has 1 saturated heterocycles. The molecule has 0 bridgehead atoms. The lowest BCUT2D eigenvalue weighted by molar-refractivity contribution is -0.151. The molecule has 0 aromatic rings. The minimum atomic E-state index is -1.45. The lowest BCUT2D eigenvalue weighted by Crippen LogP contribution is -2.36. The summed E-state index contributed by atoms with van der Waals surface area (Å²) in [6.07, 6.45) is -1.37. The van der Waals surface area contributed by atoms with Gasteiger partial charge in [0.05, 0.1) is 6.42 Å². The quantitative estimate of drug-likeness (QED) is 0.556. The Morgan fingerprint density at radius 3 is 2.47 bits per heavy atom. The van der Waals surface area contributed by atoms with E-state index in [1.54, 1.807) is 0 Å². The molecule has 0 radical (unpaired) electrons. The van der Waals surface area contributed by atoms with Crippen LogP contribution in [-0.2, 0) is 19.1 Å². The van der Waals surface area contributed by atoms with Crippen molar-refractivity contribution in [2.45, 2.75) is 27.4 Å². The van der Waals surface area contributed by atoms with Crippen molar-refractivity contribution in [1.29, 1.82) is 0 Å². The Balaban J connectivity index is 2.80. The summed E-state index contributed by atoms with van der Waals surface area (Å²) in [4.78, 5) is 22.0. The standard InChI is InChI=1S/C7H7Br3O5/c1-6(2-3(11)12)4(13)14-5(15-6)7(8,9)10/h5H,2H2,1H3,(H,11,12)/t5-,6+/m1/s1. The van der Waals surface area contributed by atoms with E-state index in [1.807, 2.05) is 0 Å². The van der Waals surface area contributed by atoms with Gasteiger partial charge in [0, 0.05) is 0 Å². The first-order chi connectivity index (χ1) is 6.65. The van der Waals surface area contributed by atoms with E-state index in [0.717, 1.165) is 0 Å². The number of alkyl halides is 3. The van der Waals surface area contributed by atoms with E-state index in [4.69, 9.17) is 14.6 Å². The Hall–Kier alpha value is 0.340. The molecule has 1 aliphatic heterocycles. The van der Waals surface area contributed by atoms with Gasteiger partial charge in [-0.05, 0) is 6.92 Å². The second-order valence-electron chi connectivity index (χ2n) is 3.20. The third-order valence-corrected chi connectivity index (χ3v) is 2.89. The first-order valence-corrected chi connectivity index (χ1v) is 6.20. The fourth-order valence-electron chi connectivity index (χ4n) is 1.07. The highest BCUT2D eigenvalue weighted by molar-refractivity contribution is 9.39.